The monoisotopic (exact) mass is 324 g/mol. The van der Waals surface area contributed by atoms with E-state index in [9.17, 15) is 9.59 Å². The van der Waals surface area contributed by atoms with Gasteiger partial charge < -0.3 is 15.4 Å². The van der Waals surface area contributed by atoms with Gasteiger partial charge in [0.2, 0.25) is 6.41 Å². The van der Waals surface area contributed by atoms with Crippen molar-refractivity contribution in [2.24, 2.45) is 0 Å². The Morgan fingerprint density at radius 3 is 2.62 bits per heavy atom. The number of carbonyl (C=O) groups is 2. The zero-order valence-corrected chi connectivity index (χ0v) is 13.3. The molecule has 1 aromatic rings. The van der Waals surface area contributed by atoms with Crippen LogP contribution in [-0.2, 0) is 9.59 Å². The van der Waals surface area contributed by atoms with Crippen LogP contribution in [-0.4, -0.2) is 30.3 Å². The number of carbonyl (C=O) groups excluding carboxylic acids is 2. The minimum atomic E-state index is -0.178. The van der Waals surface area contributed by atoms with Crippen molar-refractivity contribution in [3.63, 3.8) is 0 Å². The maximum Gasteiger partial charge on any atom is 0.257 e. The van der Waals surface area contributed by atoms with E-state index in [0.29, 0.717) is 16.5 Å². The first-order chi connectivity index (χ1) is 10.0. The zero-order chi connectivity index (χ0) is 15.7. The summed E-state index contributed by atoms with van der Waals surface area (Å²) in [6.07, 6.45) is 2.49. The Labute approximate surface area is 133 Å². The first-order valence-corrected chi connectivity index (χ1v) is 7.31. The van der Waals surface area contributed by atoms with Crippen molar-refractivity contribution in [2.75, 3.05) is 13.7 Å². The summed E-state index contributed by atoms with van der Waals surface area (Å²) < 4.78 is 5.71. The van der Waals surface area contributed by atoms with Gasteiger partial charge in [-0.2, -0.15) is 0 Å². The van der Waals surface area contributed by atoms with Gasteiger partial charge in [-0.05, 0) is 35.6 Å². The molecule has 0 atom stereocenters. The van der Waals surface area contributed by atoms with Crippen molar-refractivity contribution in [1.82, 2.24) is 10.6 Å². The second-order valence-corrected chi connectivity index (χ2v) is 5.86. The highest BCUT2D eigenvalue weighted by Gasteiger charge is 2.01. The average Bonchev–Trinajstić information content (AvgIpc) is 2.46. The smallest absolute Gasteiger partial charge is 0.257 e. The van der Waals surface area contributed by atoms with Gasteiger partial charge in [-0.25, -0.2) is 0 Å². The van der Waals surface area contributed by atoms with Crippen LogP contribution in [0.1, 0.15) is 12.5 Å². The number of amides is 2. The molecule has 0 fully saturated rings. The Morgan fingerprint density at radius 2 is 2.05 bits per heavy atom. The molecule has 0 saturated heterocycles. The molecule has 0 aromatic heterocycles. The van der Waals surface area contributed by atoms with Crippen LogP contribution in [0, 0.1) is 0 Å². The Hall–Kier alpha value is -1.86. The average molecular weight is 324 g/mol. The van der Waals surface area contributed by atoms with Crippen molar-refractivity contribution in [3.05, 3.63) is 34.7 Å². The summed E-state index contributed by atoms with van der Waals surface area (Å²) in [5.74, 6) is 0.446. The third-order valence-corrected chi connectivity index (χ3v) is 3.44. The van der Waals surface area contributed by atoms with Gasteiger partial charge in [0.15, 0.2) is 6.61 Å². The number of thiocarbonyl (C=S) groups is 1. The molecule has 0 aliphatic heterocycles. The Balaban J connectivity index is 2.59. The Bertz CT molecular complexity index is 542. The number of ether oxygens (including phenoxy) is 1. The van der Waals surface area contributed by atoms with Crippen LogP contribution in [0.3, 0.4) is 0 Å². The van der Waals surface area contributed by atoms with Gasteiger partial charge in [0.05, 0.1) is 0 Å². The molecule has 21 heavy (non-hydrogen) atoms. The quantitative estimate of drug-likeness (QED) is 0.618. The van der Waals surface area contributed by atoms with Crippen molar-refractivity contribution >= 4 is 46.7 Å². The number of nitrogens with one attached hydrogen (secondary N) is 2. The van der Waals surface area contributed by atoms with Crippen LogP contribution in [0.2, 0.25) is 0 Å². The van der Waals surface area contributed by atoms with Gasteiger partial charge >= 0.3 is 0 Å². The third-order valence-electron chi connectivity index (χ3n) is 2.33. The summed E-state index contributed by atoms with van der Waals surface area (Å²) >= 11 is 6.27. The largest absolute Gasteiger partial charge is 0.484 e. The Kier molecular flexibility index (Phi) is 7.49. The summed E-state index contributed by atoms with van der Waals surface area (Å²) in [5, 5.41) is 4.90. The van der Waals surface area contributed by atoms with Crippen molar-refractivity contribution < 1.29 is 14.3 Å². The van der Waals surface area contributed by atoms with Gasteiger partial charge in [-0.1, -0.05) is 36.1 Å². The van der Waals surface area contributed by atoms with Gasteiger partial charge in [0, 0.05) is 7.05 Å². The molecule has 0 aliphatic rings. The van der Waals surface area contributed by atoms with E-state index in [4.69, 9.17) is 17.0 Å². The molecular formula is C14H16N2O3S2. The molecule has 0 radical (unpaired) electrons. The molecule has 112 valence electrons. The number of hydrogen-bond acceptors (Lipinski definition) is 5. The molecule has 0 spiro atoms. The lowest BCUT2D eigenvalue weighted by Gasteiger charge is -2.06. The predicted molar refractivity (Wildman–Crippen MR) is 89.0 cm³/mol. The minimum absolute atomic E-state index is 0.00774. The Morgan fingerprint density at radius 1 is 1.38 bits per heavy atom. The number of rotatable bonds is 6. The fraction of sp³-hybridized carbons (Fsp3) is 0.214. The standard InChI is InChI=1S/C14H16N2O3S2/c1-10(21-14(20)16-9-17)7-11-3-5-12(6-4-11)19-8-13(18)15-2/h3-7,9H,8H2,1-2H3,(H,15,18)(H,16,17,20)/b10-7+. The molecular weight excluding hydrogens is 308 g/mol. The van der Waals surface area contributed by atoms with E-state index in [1.807, 2.05) is 25.1 Å². The topological polar surface area (TPSA) is 67.4 Å². The van der Waals surface area contributed by atoms with E-state index < -0.39 is 0 Å². The predicted octanol–water partition coefficient (Wildman–Crippen LogP) is 1.94. The van der Waals surface area contributed by atoms with E-state index in [1.165, 1.54) is 11.8 Å². The fourth-order valence-electron chi connectivity index (χ4n) is 1.37. The van der Waals surface area contributed by atoms with Gasteiger partial charge in [0.25, 0.3) is 5.91 Å². The first kappa shape index (κ1) is 17.2. The van der Waals surface area contributed by atoms with E-state index in [1.54, 1.807) is 19.2 Å². The van der Waals surface area contributed by atoms with Gasteiger partial charge in [-0.15, -0.1) is 0 Å². The molecule has 1 aromatic carbocycles. The van der Waals surface area contributed by atoms with Crippen LogP contribution in [0.25, 0.3) is 6.08 Å². The highest BCUT2D eigenvalue weighted by atomic mass is 32.2. The molecule has 0 heterocycles. The number of hydrogen-bond donors (Lipinski definition) is 2. The molecule has 0 saturated carbocycles. The number of allylic oxidation sites excluding steroid dienone is 1. The molecule has 0 aliphatic carbocycles. The second kappa shape index (κ2) is 9.15. The van der Waals surface area contributed by atoms with Gasteiger partial charge in [0.1, 0.15) is 10.1 Å². The lowest BCUT2D eigenvalue weighted by Crippen LogP contribution is -2.24. The number of likely N-dealkylation sites (N-methyl/N-ethyl adjacent to an activating group) is 1. The van der Waals surface area contributed by atoms with Gasteiger partial charge in [-0.3, -0.25) is 9.59 Å². The highest BCUT2D eigenvalue weighted by Crippen LogP contribution is 2.20. The molecule has 2 amide bonds. The normalized spacial score (nSPS) is 10.7. The third kappa shape index (κ3) is 6.92. The van der Waals surface area contributed by atoms with E-state index in [0.717, 1.165) is 10.5 Å². The van der Waals surface area contributed by atoms with Crippen LogP contribution in [0.15, 0.2) is 29.2 Å². The molecule has 0 bridgehead atoms. The molecule has 7 heteroatoms. The summed E-state index contributed by atoms with van der Waals surface area (Å²) in [5.41, 5.74) is 0.973. The van der Waals surface area contributed by atoms with Crippen LogP contribution < -0.4 is 15.4 Å². The molecule has 5 nitrogen and oxygen atoms in total. The first-order valence-electron chi connectivity index (χ1n) is 6.09. The summed E-state index contributed by atoms with van der Waals surface area (Å²) in [4.78, 5) is 22.3. The minimum Gasteiger partial charge on any atom is -0.484 e. The fourth-order valence-corrected chi connectivity index (χ4v) is 2.41. The molecule has 2 N–H and O–H groups in total. The van der Waals surface area contributed by atoms with E-state index >= 15 is 0 Å². The molecule has 0 unspecified atom stereocenters. The number of benzene rings is 1. The maximum absolute atomic E-state index is 11.1. The van der Waals surface area contributed by atoms with E-state index in [-0.39, 0.29) is 12.5 Å². The van der Waals surface area contributed by atoms with Crippen molar-refractivity contribution in [1.29, 1.82) is 0 Å². The van der Waals surface area contributed by atoms with E-state index in [2.05, 4.69) is 10.6 Å². The zero-order valence-electron chi connectivity index (χ0n) is 11.7. The number of thioether (sulfide) groups is 1. The lowest BCUT2D eigenvalue weighted by molar-refractivity contribution is -0.122. The lowest BCUT2D eigenvalue weighted by atomic mass is 10.2. The van der Waals surface area contributed by atoms with Crippen molar-refractivity contribution in [2.45, 2.75) is 6.92 Å². The van der Waals surface area contributed by atoms with Crippen LogP contribution in [0.4, 0.5) is 0 Å². The maximum atomic E-state index is 11.1. The molecule has 1 rings (SSSR count). The summed E-state index contributed by atoms with van der Waals surface area (Å²) in [6, 6.07) is 7.32. The second-order valence-electron chi connectivity index (χ2n) is 3.94. The highest BCUT2D eigenvalue weighted by molar-refractivity contribution is 8.25. The van der Waals surface area contributed by atoms with Crippen LogP contribution in [0.5, 0.6) is 5.75 Å². The summed E-state index contributed by atoms with van der Waals surface area (Å²) in [6.45, 7) is 1.89. The SMILES string of the molecule is CNC(=O)COc1ccc(/C=C(\C)SC(=S)NC=O)cc1. The summed E-state index contributed by atoms with van der Waals surface area (Å²) in [7, 11) is 1.56. The van der Waals surface area contributed by atoms with Crippen LogP contribution >= 0.6 is 24.0 Å². The van der Waals surface area contributed by atoms with Crippen molar-refractivity contribution in [3.8, 4) is 5.75 Å².